The molecule has 0 saturated carbocycles. The fourth-order valence-corrected chi connectivity index (χ4v) is 3.51. The van der Waals surface area contributed by atoms with E-state index in [0.29, 0.717) is 0 Å². The highest BCUT2D eigenvalue weighted by molar-refractivity contribution is 5.84. The van der Waals surface area contributed by atoms with E-state index in [1.165, 1.54) is 11.1 Å². The first kappa shape index (κ1) is 14.8. The summed E-state index contributed by atoms with van der Waals surface area (Å²) in [6.07, 6.45) is 1.80. The highest BCUT2D eigenvalue weighted by Gasteiger charge is 2.31. The Kier molecular flexibility index (Phi) is 4.28. The van der Waals surface area contributed by atoms with Gasteiger partial charge in [0.2, 0.25) is 5.91 Å². The SMILES string of the molecule is CCC(C(=O)N1CCc2ccccc2C1C)c1ccccc1. The minimum Gasteiger partial charge on any atom is -0.335 e. The van der Waals surface area contributed by atoms with Crippen LogP contribution in [0.2, 0.25) is 0 Å². The number of nitrogens with zero attached hydrogens (tertiary/aromatic N) is 1. The van der Waals surface area contributed by atoms with Gasteiger partial charge in [0.05, 0.1) is 12.0 Å². The Morgan fingerprint density at radius 2 is 1.82 bits per heavy atom. The monoisotopic (exact) mass is 293 g/mol. The molecule has 0 aliphatic carbocycles. The summed E-state index contributed by atoms with van der Waals surface area (Å²) in [4.78, 5) is 15.1. The molecule has 2 heteroatoms. The Hall–Kier alpha value is -2.09. The van der Waals surface area contributed by atoms with Crippen LogP contribution in [0, 0.1) is 0 Å². The number of carbonyl (C=O) groups is 1. The van der Waals surface area contributed by atoms with Crippen molar-refractivity contribution in [3.63, 3.8) is 0 Å². The predicted molar refractivity (Wildman–Crippen MR) is 89.7 cm³/mol. The summed E-state index contributed by atoms with van der Waals surface area (Å²) in [5.74, 6) is 0.226. The molecule has 2 nitrogen and oxygen atoms in total. The number of hydrogen-bond donors (Lipinski definition) is 0. The fraction of sp³-hybridized carbons (Fsp3) is 0.350. The molecule has 1 aliphatic heterocycles. The van der Waals surface area contributed by atoms with Crippen LogP contribution in [0.5, 0.6) is 0 Å². The molecule has 0 N–H and O–H groups in total. The topological polar surface area (TPSA) is 20.3 Å². The van der Waals surface area contributed by atoms with Crippen molar-refractivity contribution in [1.82, 2.24) is 4.90 Å². The van der Waals surface area contributed by atoms with Crippen LogP contribution >= 0.6 is 0 Å². The Morgan fingerprint density at radius 3 is 2.55 bits per heavy atom. The van der Waals surface area contributed by atoms with Gasteiger partial charge in [0.1, 0.15) is 0 Å². The van der Waals surface area contributed by atoms with Crippen molar-refractivity contribution in [2.75, 3.05) is 6.54 Å². The van der Waals surface area contributed by atoms with Gasteiger partial charge in [-0.2, -0.15) is 0 Å². The van der Waals surface area contributed by atoms with E-state index in [1.54, 1.807) is 0 Å². The molecule has 22 heavy (non-hydrogen) atoms. The van der Waals surface area contributed by atoms with Gasteiger partial charge in [-0.05, 0) is 36.5 Å². The van der Waals surface area contributed by atoms with E-state index in [9.17, 15) is 4.79 Å². The molecule has 1 heterocycles. The predicted octanol–water partition coefficient (Wildman–Crippen LogP) is 4.33. The summed E-state index contributed by atoms with van der Waals surface area (Å²) in [7, 11) is 0. The minimum atomic E-state index is -0.0334. The van der Waals surface area contributed by atoms with Crippen molar-refractivity contribution in [2.24, 2.45) is 0 Å². The fourth-order valence-electron chi connectivity index (χ4n) is 3.51. The molecule has 2 atom stereocenters. The average Bonchev–Trinajstić information content (AvgIpc) is 2.57. The molecule has 0 saturated heterocycles. The molecule has 0 spiro atoms. The average molecular weight is 293 g/mol. The van der Waals surface area contributed by atoms with Crippen LogP contribution in [0.15, 0.2) is 54.6 Å². The van der Waals surface area contributed by atoms with Crippen LogP contribution in [-0.4, -0.2) is 17.4 Å². The van der Waals surface area contributed by atoms with Gasteiger partial charge in [-0.1, -0.05) is 61.5 Å². The van der Waals surface area contributed by atoms with Gasteiger partial charge in [-0.3, -0.25) is 4.79 Å². The van der Waals surface area contributed by atoms with Crippen molar-refractivity contribution in [2.45, 2.75) is 38.6 Å². The zero-order valence-electron chi connectivity index (χ0n) is 13.3. The van der Waals surface area contributed by atoms with Crippen molar-refractivity contribution in [3.8, 4) is 0 Å². The number of amides is 1. The molecule has 2 aromatic carbocycles. The molecule has 1 amide bonds. The number of rotatable bonds is 3. The van der Waals surface area contributed by atoms with Crippen molar-refractivity contribution >= 4 is 5.91 Å². The highest BCUT2D eigenvalue weighted by Crippen LogP contribution is 2.32. The van der Waals surface area contributed by atoms with E-state index in [1.807, 2.05) is 18.2 Å². The van der Waals surface area contributed by atoms with Crippen LogP contribution in [0.25, 0.3) is 0 Å². The molecule has 2 unspecified atom stereocenters. The molecule has 0 fully saturated rings. The molecule has 1 aliphatic rings. The van der Waals surface area contributed by atoms with Gasteiger partial charge in [0, 0.05) is 6.54 Å². The zero-order valence-corrected chi connectivity index (χ0v) is 13.3. The lowest BCUT2D eigenvalue weighted by molar-refractivity contribution is -0.135. The van der Waals surface area contributed by atoms with Crippen LogP contribution in [-0.2, 0) is 11.2 Å². The molecule has 3 rings (SSSR count). The maximum Gasteiger partial charge on any atom is 0.230 e. The third-order valence-corrected chi connectivity index (χ3v) is 4.79. The Labute approximate surface area is 132 Å². The van der Waals surface area contributed by atoms with Crippen molar-refractivity contribution in [1.29, 1.82) is 0 Å². The van der Waals surface area contributed by atoms with Gasteiger partial charge >= 0.3 is 0 Å². The second kappa shape index (κ2) is 6.35. The van der Waals surface area contributed by atoms with Gasteiger partial charge in [0.25, 0.3) is 0 Å². The van der Waals surface area contributed by atoms with Crippen LogP contribution in [0.4, 0.5) is 0 Å². The lowest BCUT2D eigenvalue weighted by atomic mass is 9.90. The summed E-state index contributed by atoms with van der Waals surface area (Å²) in [5.41, 5.74) is 3.80. The highest BCUT2D eigenvalue weighted by atomic mass is 16.2. The molecular formula is C20H23NO. The maximum absolute atomic E-state index is 13.1. The van der Waals surface area contributed by atoms with E-state index in [0.717, 1.165) is 24.9 Å². The molecule has 2 aromatic rings. The van der Waals surface area contributed by atoms with Crippen molar-refractivity contribution < 1.29 is 4.79 Å². The lowest BCUT2D eigenvalue weighted by Gasteiger charge is -2.37. The Morgan fingerprint density at radius 1 is 1.14 bits per heavy atom. The maximum atomic E-state index is 13.1. The van der Waals surface area contributed by atoms with Gasteiger partial charge in [-0.25, -0.2) is 0 Å². The summed E-state index contributed by atoms with van der Waals surface area (Å²) >= 11 is 0. The summed E-state index contributed by atoms with van der Waals surface area (Å²) in [6, 6.07) is 18.8. The van der Waals surface area contributed by atoms with Crippen LogP contribution < -0.4 is 0 Å². The lowest BCUT2D eigenvalue weighted by Crippen LogP contribution is -2.41. The van der Waals surface area contributed by atoms with E-state index in [4.69, 9.17) is 0 Å². The second-order valence-electron chi connectivity index (χ2n) is 6.03. The smallest absolute Gasteiger partial charge is 0.230 e. The largest absolute Gasteiger partial charge is 0.335 e. The van der Waals surface area contributed by atoms with Crippen LogP contribution in [0.3, 0.4) is 0 Å². The van der Waals surface area contributed by atoms with Gasteiger partial charge in [-0.15, -0.1) is 0 Å². The third-order valence-electron chi connectivity index (χ3n) is 4.79. The first-order chi connectivity index (χ1) is 10.7. The molecule has 114 valence electrons. The summed E-state index contributed by atoms with van der Waals surface area (Å²) < 4.78 is 0. The number of carbonyl (C=O) groups excluding carboxylic acids is 1. The zero-order chi connectivity index (χ0) is 15.5. The summed E-state index contributed by atoms with van der Waals surface area (Å²) in [5, 5.41) is 0. The molecular weight excluding hydrogens is 270 g/mol. The van der Waals surface area contributed by atoms with E-state index < -0.39 is 0 Å². The van der Waals surface area contributed by atoms with E-state index in [-0.39, 0.29) is 17.9 Å². The second-order valence-corrected chi connectivity index (χ2v) is 6.03. The minimum absolute atomic E-state index is 0.0334. The number of benzene rings is 2. The first-order valence-corrected chi connectivity index (χ1v) is 8.15. The standard InChI is InChI=1S/C20H23NO/c1-3-18(16-9-5-4-6-10-16)20(22)21-14-13-17-11-7-8-12-19(17)15(21)2/h4-12,15,18H,3,13-14H2,1-2H3. The first-order valence-electron chi connectivity index (χ1n) is 8.15. The normalized spacial score (nSPS) is 18.6. The number of fused-ring (bicyclic) bond motifs is 1. The number of hydrogen-bond acceptors (Lipinski definition) is 1. The van der Waals surface area contributed by atoms with Gasteiger partial charge < -0.3 is 4.90 Å². The molecule has 0 bridgehead atoms. The Balaban J connectivity index is 1.86. The molecule has 0 radical (unpaired) electrons. The quantitative estimate of drug-likeness (QED) is 0.825. The van der Waals surface area contributed by atoms with Gasteiger partial charge in [0.15, 0.2) is 0 Å². The Bertz CT molecular complexity index is 650. The third kappa shape index (κ3) is 2.66. The van der Waals surface area contributed by atoms with E-state index >= 15 is 0 Å². The van der Waals surface area contributed by atoms with Crippen molar-refractivity contribution in [3.05, 3.63) is 71.3 Å². The summed E-state index contributed by atoms with van der Waals surface area (Å²) in [6.45, 7) is 5.06. The van der Waals surface area contributed by atoms with Crippen LogP contribution in [0.1, 0.15) is 48.9 Å². The van der Waals surface area contributed by atoms with E-state index in [2.05, 4.69) is 55.1 Å². The molecule has 0 aromatic heterocycles.